The van der Waals surface area contributed by atoms with Crippen LogP contribution in [0.15, 0.2) is 35.3 Å². The van der Waals surface area contributed by atoms with E-state index < -0.39 is 11.7 Å². The second kappa shape index (κ2) is 8.06. The molecule has 5 nitrogen and oxygen atoms in total. The van der Waals surface area contributed by atoms with Crippen LogP contribution in [0.1, 0.15) is 46.6 Å². The van der Waals surface area contributed by atoms with Crippen molar-refractivity contribution in [1.82, 2.24) is 5.06 Å². The molecular formula is C17H26N2O3. The van der Waals surface area contributed by atoms with Crippen LogP contribution in [0.25, 0.3) is 0 Å². The van der Waals surface area contributed by atoms with Crippen LogP contribution in [0.5, 0.6) is 0 Å². The molecule has 0 aromatic heterocycles. The number of ether oxygens (including phenoxy) is 1. The van der Waals surface area contributed by atoms with Gasteiger partial charge in [0.25, 0.3) is 0 Å². The third-order valence-electron chi connectivity index (χ3n) is 3.11. The van der Waals surface area contributed by atoms with Gasteiger partial charge in [-0.1, -0.05) is 37.3 Å². The number of nitrogens with zero attached hydrogens (tertiary/aromatic N) is 2. The van der Waals surface area contributed by atoms with E-state index in [0.29, 0.717) is 18.7 Å². The van der Waals surface area contributed by atoms with Gasteiger partial charge in [0, 0.05) is 12.3 Å². The zero-order valence-corrected chi connectivity index (χ0v) is 14.0. The van der Waals surface area contributed by atoms with Crippen LogP contribution in [0.3, 0.4) is 0 Å². The molecule has 0 fully saturated rings. The van der Waals surface area contributed by atoms with Crippen LogP contribution in [0, 0.1) is 0 Å². The summed E-state index contributed by atoms with van der Waals surface area (Å²) in [6.07, 6.45) is -0.0592. The summed E-state index contributed by atoms with van der Waals surface area (Å²) in [4.78, 5) is 15.8. The maximum Gasteiger partial charge on any atom is 0.434 e. The number of amides is 1. The summed E-state index contributed by atoms with van der Waals surface area (Å²) in [5.74, 6) is 0. The van der Waals surface area contributed by atoms with E-state index in [-0.39, 0.29) is 6.04 Å². The Bertz CT molecular complexity index is 506. The fraction of sp³-hybridized carbons (Fsp3) is 0.529. The molecule has 1 rings (SSSR count). The number of carbonyl (C=O) groups is 1. The molecule has 1 aromatic rings. The molecule has 0 radical (unpaired) electrons. The van der Waals surface area contributed by atoms with Crippen LogP contribution >= 0.6 is 0 Å². The van der Waals surface area contributed by atoms with Gasteiger partial charge in [0.15, 0.2) is 0 Å². The summed E-state index contributed by atoms with van der Waals surface area (Å²) in [5, 5.41) is 11.4. The number of benzene rings is 1. The highest BCUT2D eigenvalue weighted by atomic mass is 16.6. The highest BCUT2D eigenvalue weighted by Crippen LogP contribution is 2.12. The molecule has 1 N–H and O–H groups in total. The van der Waals surface area contributed by atoms with Crippen LogP contribution in [0.4, 0.5) is 4.79 Å². The van der Waals surface area contributed by atoms with E-state index in [2.05, 4.69) is 4.99 Å². The van der Waals surface area contributed by atoms with Gasteiger partial charge in [-0.2, -0.15) is 10.1 Å². The van der Waals surface area contributed by atoms with Crippen molar-refractivity contribution >= 4 is 11.8 Å². The van der Waals surface area contributed by atoms with E-state index >= 15 is 0 Å². The van der Waals surface area contributed by atoms with Crippen molar-refractivity contribution < 1.29 is 14.7 Å². The van der Waals surface area contributed by atoms with Gasteiger partial charge in [0.1, 0.15) is 5.60 Å². The smallest absolute Gasteiger partial charge is 0.434 e. The van der Waals surface area contributed by atoms with E-state index in [1.54, 1.807) is 20.8 Å². The van der Waals surface area contributed by atoms with Gasteiger partial charge in [-0.05, 0) is 39.7 Å². The molecule has 0 saturated heterocycles. The maximum atomic E-state index is 11.8. The third-order valence-corrected chi connectivity index (χ3v) is 3.11. The largest absolute Gasteiger partial charge is 0.442 e. The Labute approximate surface area is 132 Å². The Morgan fingerprint density at radius 2 is 1.91 bits per heavy atom. The quantitative estimate of drug-likeness (QED) is 0.658. The topological polar surface area (TPSA) is 62.1 Å². The van der Waals surface area contributed by atoms with Crippen molar-refractivity contribution in [1.29, 1.82) is 0 Å². The Hall–Kier alpha value is -1.72. The third kappa shape index (κ3) is 6.37. The van der Waals surface area contributed by atoms with Crippen molar-refractivity contribution in [3.8, 4) is 0 Å². The standard InChI is InChI=1S/C17H26N2O3/c1-6-15(18-16(20)22-17(3,4)5)13(2)19(21)12-14-10-8-7-9-11-14/h7-11,13,21H,6,12H2,1-5H3/b18-15-. The predicted molar refractivity (Wildman–Crippen MR) is 87.2 cm³/mol. The number of hydroxylamine groups is 2. The molecule has 0 aliphatic rings. The minimum atomic E-state index is -0.621. The molecule has 5 heteroatoms. The Morgan fingerprint density at radius 1 is 1.32 bits per heavy atom. The molecule has 0 heterocycles. The first kappa shape index (κ1) is 18.3. The fourth-order valence-corrected chi connectivity index (χ4v) is 1.95. The van der Waals surface area contributed by atoms with Crippen LogP contribution < -0.4 is 0 Å². The lowest BCUT2D eigenvalue weighted by molar-refractivity contribution is -0.112. The van der Waals surface area contributed by atoms with Gasteiger partial charge >= 0.3 is 6.09 Å². The van der Waals surface area contributed by atoms with Gasteiger partial charge in [-0.15, -0.1) is 0 Å². The first-order chi connectivity index (χ1) is 10.2. The second-order valence-corrected chi connectivity index (χ2v) is 6.20. The Morgan fingerprint density at radius 3 is 2.41 bits per heavy atom. The van der Waals surface area contributed by atoms with Gasteiger partial charge in [0.05, 0.1) is 6.04 Å². The summed E-state index contributed by atoms with van der Waals surface area (Å²) in [7, 11) is 0. The van der Waals surface area contributed by atoms with Gasteiger partial charge in [-0.3, -0.25) is 0 Å². The molecule has 0 aliphatic heterocycles. The summed E-state index contributed by atoms with van der Waals surface area (Å²) in [6.45, 7) is 9.47. The van der Waals surface area contributed by atoms with Gasteiger partial charge < -0.3 is 9.94 Å². The maximum absolute atomic E-state index is 11.8. The lowest BCUT2D eigenvalue weighted by Gasteiger charge is -2.24. The predicted octanol–water partition coefficient (Wildman–Crippen LogP) is 4.05. The molecule has 1 unspecified atom stereocenters. The fourth-order valence-electron chi connectivity index (χ4n) is 1.95. The van der Waals surface area contributed by atoms with Crippen LogP contribution in [-0.4, -0.2) is 33.7 Å². The lowest BCUT2D eigenvalue weighted by atomic mass is 10.1. The van der Waals surface area contributed by atoms with E-state index in [9.17, 15) is 10.0 Å². The Balaban J connectivity index is 2.74. The first-order valence-corrected chi connectivity index (χ1v) is 7.52. The SMILES string of the molecule is CC/C(=N/C(=O)OC(C)(C)C)C(C)N(O)Cc1ccccc1. The van der Waals surface area contributed by atoms with Crippen molar-refractivity contribution in [3.63, 3.8) is 0 Å². The summed E-state index contributed by atoms with van der Waals surface area (Å²) in [6, 6.07) is 9.28. The molecule has 0 saturated carbocycles. The monoisotopic (exact) mass is 306 g/mol. The van der Waals surface area contributed by atoms with Crippen molar-refractivity contribution in [2.45, 2.75) is 59.2 Å². The molecule has 0 aliphatic carbocycles. The molecule has 122 valence electrons. The lowest BCUT2D eigenvalue weighted by Crippen LogP contribution is -2.36. The van der Waals surface area contributed by atoms with Gasteiger partial charge in [0.2, 0.25) is 0 Å². The van der Waals surface area contributed by atoms with Gasteiger partial charge in [-0.25, -0.2) is 4.79 Å². The average molecular weight is 306 g/mol. The second-order valence-electron chi connectivity index (χ2n) is 6.20. The number of hydrogen-bond donors (Lipinski definition) is 1. The zero-order valence-electron chi connectivity index (χ0n) is 14.0. The summed E-state index contributed by atoms with van der Waals surface area (Å²) in [5.41, 5.74) is 1.00. The number of aliphatic imine (C=N–C) groups is 1. The number of carbonyl (C=O) groups excluding carboxylic acids is 1. The van der Waals surface area contributed by atoms with E-state index in [4.69, 9.17) is 4.74 Å². The average Bonchev–Trinajstić information content (AvgIpc) is 2.43. The summed E-state index contributed by atoms with van der Waals surface area (Å²) < 4.78 is 5.19. The first-order valence-electron chi connectivity index (χ1n) is 7.52. The van der Waals surface area contributed by atoms with Crippen molar-refractivity contribution in [2.75, 3.05) is 0 Å². The minimum absolute atomic E-state index is 0.363. The Kier molecular flexibility index (Phi) is 6.71. The molecule has 1 aromatic carbocycles. The molecule has 22 heavy (non-hydrogen) atoms. The van der Waals surface area contributed by atoms with Crippen LogP contribution in [-0.2, 0) is 11.3 Å². The number of hydrogen-bond acceptors (Lipinski definition) is 4. The minimum Gasteiger partial charge on any atom is -0.442 e. The molecule has 0 spiro atoms. The van der Waals surface area contributed by atoms with Crippen molar-refractivity contribution in [2.24, 2.45) is 4.99 Å². The molecule has 1 atom stereocenters. The van der Waals surface area contributed by atoms with E-state index in [1.807, 2.05) is 44.2 Å². The normalized spacial score (nSPS) is 14.0. The zero-order chi connectivity index (χ0) is 16.8. The van der Waals surface area contributed by atoms with E-state index in [1.165, 1.54) is 5.06 Å². The number of rotatable bonds is 5. The van der Waals surface area contributed by atoms with Crippen molar-refractivity contribution in [3.05, 3.63) is 35.9 Å². The highest BCUT2D eigenvalue weighted by Gasteiger charge is 2.20. The molecule has 1 amide bonds. The summed E-state index contributed by atoms with van der Waals surface area (Å²) >= 11 is 0. The molecule has 0 bridgehead atoms. The van der Waals surface area contributed by atoms with Crippen LogP contribution in [0.2, 0.25) is 0 Å². The molecular weight excluding hydrogens is 280 g/mol. The highest BCUT2D eigenvalue weighted by molar-refractivity contribution is 5.96. The van der Waals surface area contributed by atoms with E-state index in [0.717, 1.165) is 5.56 Å².